The van der Waals surface area contributed by atoms with Crippen LogP contribution in [0.25, 0.3) is 45.4 Å². The number of ether oxygens (including phenoxy) is 1. The van der Waals surface area contributed by atoms with Crippen molar-refractivity contribution in [1.82, 2.24) is 19.9 Å². The molecule has 0 unspecified atom stereocenters. The molecule has 5 aromatic rings. The topological polar surface area (TPSA) is 60.8 Å². The molecule has 0 atom stereocenters. The molecule has 5 nitrogen and oxygen atoms in total. The van der Waals surface area contributed by atoms with E-state index in [9.17, 15) is 0 Å². The van der Waals surface area contributed by atoms with Crippen molar-refractivity contribution in [2.45, 2.75) is 20.3 Å². The van der Waals surface area contributed by atoms with Crippen LogP contribution in [0.15, 0.2) is 97.2 Å². The average Bonchev–Trinajstić information content (AvgIpc) is 2.93. The zero-order valence-corrected chi connectivity index (χ0v) is 19.8. The third-order valence-corrected chi connectivity index (χ3v) is 5.62. The number of aromatic nitrogens is 4. The molecule has 172 valence electrons. The zero-order valence-electron chi connectivity index (χ0n) is 19.8. The Bertz CT molecular complexity index is 1400. The highest BCUT2D eigenvalue weighted by molar-refractivity contribution is 5.68. The Hall–Kier alpha value is -4.38. The van der Waals surface area contributed by atoms with E-state index in [-0.39, 0.29) is 0 Å². The van der Waals surface area contributed by atoms with Gasteiger partial charge in [0.05, 0.1) is 12.3 Å². The highest BCUT2D eigenvalue weighted by Crippen LogP contribution is 2.27. The molecule has 0 bridgehead atoms. The molecule has 35 heavy (non-hydrogen) atoms. The fraction of sp³-hybridized carbons (Fsp3) is 0.133. The van der Waals surface area contributed by atoms with Crippen LogP contribution in [0.4, 0.5) is 0 Å². The minimum atomic E-state index is 0.587. The van der Waals surface area contributed by atoms with Gasteiger partial charge in [0.15, 0.2) is 17.5 Å². The molecule has 0 aliphatic heterocycles. The zero-order chi connectivity index (χ0) is 24.0. The number of aryl methyl sites for hydroxylation is 1. The van der Waals surface area contributed by atoms with Crippen molar-refractivity contribution in [3.05, 3.63) is 103 Å². The Morgan fingerprint density at radius 1 is 0.600 bits per heavy atom. The van der Waals surface area contributed by atoms with Crippen LogP contribution in [0.1, 0.15) is 18.9 Å². The maximum absolute atomic E-state index is 5.73. The maximum atomic E-state index is 5.73. The predicted octanol–water partition coefficient (Wildman–Crippen LogP) is 7.03. The monoisotopic (exact) mass is 458 g/mol. The fourth-order valence-corrected chi connectivity index (χ4v) is 3.69. The molecule has 5 heteroatoms. The third kappa shape index (κ3) is 5.25. The lowest BCUT2D eigenvalue weighted by molar-refractivity contribution is 0.317. The highest BCUT2D eigenvalue weighted by Gasteiger charge is 2.13. The van der Waals surface area contributed by atoms with Gasteiger partial charge >= 0.3 is 0 Å². The van der Waals surface area contributed by atoms with E-state index in [0.717, 1.165) is 40.1 Å². The van der Waals surface area contributed by atoms with Gasteiger partial charge in [-0.05, 0) is 49.7 Å². The first kappa shape index (κ1) is 22.4. The van der Waals surface area contributed by atoms with Crippen molar-refractivity contribution in [1.29, 1.82) is 0 Å². The summed E-state index contributed by atoms with van der Waals surface area (Å²) in [6.07, 6.45) is 2.79. The molecule has 5 rings (SSSR count). The van der Waals surface area contributed by atoms with Gasteiger partial charge in [0.1, 0.15) is 5.75 Å². The lowest BCUT2D eigenvalue weighted by atomic mass is 10.1. The second-order valence-corrected chi connectivity index (χ2v) is 8.34. The van der Waals surface area contributed by atoms with Crippen LogP contribution in [0, 0.1) is 6.92 Å². The minimum absolute atomic E-state index is 0.587. The van der Waals surface area contributed by atoms with Gasteiger partial charge in [-0.3, -0.25) is 4.98 Å². The highest BCUT2D eigenvalue weighted by atomic mass is 16.5. The molecule has 3 aromatic carbocycles. The molecule has 0 amide bonds. The van der Waals surface area contributed by atoms with E-state index in [1.807, 2.05) is 85.1 Å². The number of rotatable bonds is 7. The Labute approximate surface area is 205 Å². The lowest BCUT2D eigenvalue weighted by Gasteiger charge is -2.10. The Morgan fingerprint density at radius 2 is 1.17 bits per heavy atom. The van der Waals surface area contributed by atoms with E-state index in [1.165, 1.54) is 5.56 Å². The van der Waals surface area contributed by atoms with Gasteiger partial charge in [-0.1, -0.05) is 67.1 Å². The van der Waals surface area contributed by atoms with E-state index in [0.29, 0.717) is 24.1 Å². The van der Waals surface area contributed by atoms with Crippen LogP contribution in [-0.4, -0.2) is 26.5 Å². The van der Waals surface area contributed by atoms with Crippen LogP contribution >= 0.6 is 0 Å². The molecule has 2 heterocycles. The summed E-state index contributed by atoms with van der Waals surface area (Å²) in [5.74, 6) is 2.66. The first-order valence-corrected chi connectivity index (χ1v) is 11.8. The van der Waals surface area contributed by atoms with E-state index in [2.05, 4.69) is 31.0 Å². The maximum Gasteiger partial charge on any atom is 0.165 e. The average molecular weight is 459 g/mol. The molecule has 0 aliphatic carbocycles. The van der Waals surface area contributed by atoms with Crippen LogP contribution in [0.3, 0.4) is 0 Å². The Morgan fingerprint density at radius 3 is 1.74 bits per heavy atom. The third-order valence-electron chi connectivity index (χ3n) is 5.62. The van der Waals surface area contributed by atoms with Crippen LogP contribution in [0.2, 0.25) is 0 Å². The summed E-state index contributed by atoms with van der Waals surface area (Å²) >= 11 is 0. The predicted molar refractivity (Wildman–Crippen MR) is 140 cm³/mol. The Kier molecular flexibility index (Phi) is 6.57. The quantitative estimate of drug-likeness (QED) is 0.262. The van der Waals surface area contributed by atoms with Crippen LogP contribution in [-0.2, 0) is 0 Å². The summed E-state index contributed by atoms with van der Waals surface area (Å²) in [7, 11) is 0. The van der Waals surface area contributed by atoms with E-state index < -0.39 is 0 Å². The van der Waals surface area contributed by atoms with Crippen molar-refractivity contribution >= 4 is 0 Å². The van der Waals surface area contributed by atoms with Crippen LogP contribution < -0.4 is 4.74 Å². The van der Waals surface area contributed by atoms with Crippen molar-refractivity contribution in [3.63, 3.8) is 0 Å². The number of nitrogens with zero attached hydrogens (tertiary/aromatic N) is 4. The van der Waals surface area contributed by atoms with Gasteiger partial charge in [0.25, 0.3) is 0 Å². The molecule has 0 spiro atoms. The van der Waals surface area contributed by atoms with E-state index in [4.69, 9.17) is 19.7 Å². The first-order chi connectivity index (χ1) is 17.2. The molecule has 0 saturated heterocycles. The van der Waals surface area contributed by atoms with E-state index in [1.54, 1.807) is 0 Å². The summed E-state index contributed by atoms with van der Waals surface area (Å²) in [6.45, 7) is 4.85. The van der Waals surface area contributed by atoms with Gasteiger partial charge in [-0.25, -0.2) is 15.0 Å². The molecule has 0 N–H and O–H groups in total. The molecule has 2 aromatic heterocycles. The molecule has 0 fully saturated rings. The second kappa shape index (κ2) is 10.3. The summed E-state index contributed by atoms with van der Waals surface area (Å²) in [6, 6.07) is 30.2. The van der Waals surface area contributed by atoms with Gasteiger partial charge in [0, 0.05) is 28.5 Å². The standard InChI is InChI=1S/C30H26N4O/c1-3-19-35-26-16-13-24(14-17-26)29-32-28(23-11-9-21(2)10-12-23)33-30(34-29)25-15-18-27(31-20-25)22-7-5-4-6-8-22/h4-18,20H,3,19H2,1-2H3. The SMILES string of the molecule is CCCOc1ccc(-c2nc(-c3ccc(C)cc3)nc(-c3ccc(-c4ccccc4)nc3)n2)cc1. The summed E-state index contributed by atoms with van der Waals surface area (Å²) in [5, 5.41) is 0. The van der Waals surface area contributed by atoms with Crippen molar-refractivity contribution < 1.29 is 4.74 Å². The van der Waals surface area contributed by atoms with Crippen molar-refractivity contribution in [2.24, 2.45) is 0 Å². The van der Waals surface area contributed by atoms with E-state index >= 15 is 0 Å². The van der Waals surface area contributed by atoms with Crippen molar-refractivity contribution in [2.75, 3.05) is 6.61 Å². The summed E-state index contributed by atoms with van der Waals surface area (Å²) in [5.41, 5.74) is 5.85. The summed E-state index contributed by atoms with van der Waals surface area (Å²) in [4.78, 5) is 19.1. The molecule has 0 aliphatic rings. The van der Waals surface area contributed by atoms with Crippen molar-refractivity contribution in [3.8, 4) is 51.2 Å². The summed E-state index contributed by atoms with van der Waals surface area (Å²) < 4.78 is 5.73. The largest absolute Gasteiger partial charge is 0.494 e. The molecule has 0 radical (unpaired) electrons. The number of hydrogen-bond acceptors (Lipinski definition) is 5. The molecule has 0 saturated carbocycles. The van der Waals surface area contributed by atoms with Gasteiger partial charge in [-0.2, -0.15) is 0 Å². The fourth-order valence-electron chi connectivity index (χ4n) is 3.69. The smallest absolute Gasteiger partial charge is 0.165 e. The number of pyridine rings is 1. The molecular weight excluding hydrogens is 432 g/mol. The second-order valence-electron chi connectivity index (χ2n) is 8.34. The minimum Gasteiger partial charge on any atom is -0.494 e. The molecular formula is C30H26N4O. The number of hydrogen-bond donors (Lipinski definition) is 0. The van der Waals surface area contributed by atoms with Gasteiger partial charge < -0.3 is 4.74 Å². The lowest BCUT2D eigenvalue weighted by Crippen LogP contribution is -2.01. The Balaban J connectivity index is 1.55. The normalized spacial score (nSPS) is 10.8. The number of benzene rings is 3. The van der Waals surface area contributed by atoms with Gasteiger partial charge in [0.2, 0.25) is 0 Å². The van der Waals surface area contributed by atoms with Crippen LogP contribution in [0.5, 0.6) is 5.75 Å². The first-order valence-electron chi connectivity index (χ1n) is 11.8. The van der Waals surface area contributed by atoms with Gasteiger partial charge in [-0.15, -0.1) is 0 Å².